The number of likely N-dealkylation sites (tertiary alicyclic amines) is 1. The first-order valence-electron chi connectivity index (χ1n) is 11.6. The van der Waals surface area contributed by atoms with E-state index in [-0.39, 0.29) is 36.3 Å². The van der Waals surface area contributed by atoms with E-state index in [1.54, 1.807) is 30.0 Å². The summed E-state index contributed by atoms with van der Waals surface area (Å²) in [4.78, 5) is 50.6. The summed E-state index contributed by atoms with van der Waals surface area (Å²) in [6.45, 7) is 4.73. The topological polar surface area (TPSA) is 136 Å². The molecule has 2 bridgehead atoms. The summed E-state index contributed by atoms with van der Waals surface area (Å²) in [7, 11) is 0. The van der Waals surface area contributed by atoms with Crippen LogP contribution in [-0.2, 0) is 17.8 Å². The van der Waals surface area contributed by atoms with E-state index in [0.717, 1.165) is 23.1 Å². The van der Waals surface area contributed by atoms with Gasteiger partial charge in [-0.25, -0.2) is 4.79 Å². The van der Waals surface area contributed by atoms with Gasteiger partial charge in [0.2, 0.25) is 5.91 Å². The molecule has 35 heavy (non-hydrogen) atoms. The normalized spacial score (nSPS) is 19.0. The molecule has 0 aliphatic carbocycles. The zero-order valence-corrected chi connectivity index (χ0v) is 19.4. The van der Waals surface area contributed by atoms with Crippen LogP contribution in [0.1, 0.15) is 41.1 Å². The number of pyridine rings is 1. The van der Waals surface area contributed by atoms with Crippen molar-refractivity contribution in [1.82, 2.24) is 9.47 Å². The lowest BCUT2D eigenvalue weighted by Crippen LogP contribution is -2.49. The largest absolute Gasteiger partial charge is 0.508 e. The predicted octanol–water partition coefficient (Wildman–Crippen LogP) is 2.76. The summed E-state index contributed by atoms with van der Waals surface area (Å²) in [6, 6.07) is 6.14. The van der Waals surface area contributed by atoms with Crippen molar-refractivity contribution < 1.29 is 19.2 Å². The number of hydrogen-bond acceptors (Lipinski definition) is 7. The molecular formula is C25H25N3O7. The third-order valence-electron chi connectivity index (χ3n) is 7.40. The first-order valence-corrected chi connectivity index (χ1v) is 11.6. The third kappa shape index (κ3) is 3.78. The number of carbonyl (C=O) groups is 1. The molecule has 5 rings (SSSR count). The molecule has 2 aliphatic rings. The number of aryl methyl sites for hydroxylation is 2. The lowest BCUT2D eigenvalue weighted by Gasteiger charge is -2.42. The number of rotatable bonds is 4. The van der Waals surface area contributed by atoms with Crippen LogP contribution in [0, 0.1) is 29.9 Å². The maximum atomic E-state index is 13.1. The summed E-state index contributed by atoms with van der Waals surface area (Å²) in [6.07, 6.45) is 1.19. The first kappa shape index (κ1) is 22.8. The molecule has 1 N–H and O–H groups in total. The van der Waals surface area contributed by atoms with Gasteiger partial charge in [-0.3, -0.25) is 19.7 Å². The van der Waals surface area contributed by atoms with E-state index in [0.29, 0.717) is 36.3 Å². The zero-order valence-electron chi connectivity index (χ0n) is 19.4. The minimum atomic E-state index is -0.662. The Hall–Kier alpha value is -3.95. The molecule has 2 aliphatic heterocycles. The van der Waals surface area contributed by atoms with Gasteiger partial charge in [-0.05, 0) is 56.4 Å². The average Bonchev–Trinajstić information content (AvgIpc) is 2.81. The molecule has 3 aromatic rings. The van der Waals surface area contributed by atoms with Crippen LogP contribution in [-0.4, -0.2) is 38.5 Å². The molecule has 2 aromatic heterocycles. The highest BCUT2D eigenvalue weighted by atomic mass is 16.6. The van der Waals surface area contributed by atoms with Crippen molar-refractivity contribution in [3.8, 4) is 5.75 Å². The number of aromatic nitrogens is 1. The molecule has 0 unspecified atom stereocenters. The van der Waals surface area contributed by atoms with E-state index in [4.69, 9.17) is 4.42 Å². The molecule has 2 atom stereocenters. The highest BCUT2D eigenvalue weighted by molar-refractivity contribution is 5.85. The number of nitro groups is 1. The van der Waals surface area contributed by atoms with Crippen molar-refractivity contribution in [3.63, 3.8) is 0 Å². The number of aromatic hydroxyl groups is 1. The fourth-order valence-corrected chi connectivity index (χ4v) is 5.53. The molecule has 10 heteroatoms. The molecule has 182 valence electrons. The van der Waals surface area contributed by atoms with Crippen molar-refractivity contribution >= 4 is 22.6 Å². The van der Waals surface area contributed by atoms with Crippen LogP contribution in [0.4, 0.5) is 5.69 Å². The summed E-state index contributed by atoms with van der Waals surface area (Å²) in [5.41, 5.74) is 1.20. The summed E-state index contributed by atoms with van der Waals surface area (Å²) < 4.78 is 6.97. The van der Waals surface area contributed by atoms with Crippen LogP contribution < -0.4 is 11.2 Å². The number of nitrogens with zero attached hydrogens (tertiary/aromatic N) is 3. The summed E-state index contributed by atoms with van der Waals surface area (Å²) in [5.74, 6) is -0.0635. The Bertz CT molecular complexity index is 1500. The molecule has 1 amide bonds. The number of carbonyl (C=O) groups excluding carboxylic acids is 1. The SMILES string of the molecule is Cc1c(CCC(=O)N2C[C@H]3C[C@@H](C2)c2ccc([N+](=O)[O-])c(=O)n2C3)c(=O)oc2c(C)c(O)ccc12. The Labute approximate surface area is 199 Å². The van der Waals surface area contributed by atoms with Gasteiger partial charge in [-0.1, -0.05) is 0 Å². The molecule has 1 saturated heterocycles. The van der Waals surface area contributed by atoms with Gasteiger partial charge in [0.05, 0.1) is 4.92 Å². The Balaban J connectivity index is 1.35. The monoisotopic (exact) mass is 479 g/mol. The molecular weight excluding hydrogens is 454 g/mol. The molecule has 0 radical (unpaired) electrons. The smallest absolute Gasteiger partial charge is 0.339 e. The van der Waals surface area contributed by atoms with Crippen molar-refractivity contribution in [3.05, 3.63) is 77.5 Å². The summed E-state index contributed by atoms with van der Waals surface area (Å²) >= 11 is 0. The van der Waals surface area contributed by atoms with Crippen LogP contribution in [0.2, 0.25) is 0 Å². The molecule has 1 fully saturated rings. The lowest BCUT2D eigenvalue weighted by atomic mass is 9.83. The minimum absolute atomic E-state index is 0.0352. The Kier molecular flexibility index (Phi) is 5.46. The zero-order chi connectivity index (χ0) is 25.0. The van der Waals surface area contributed by atoms with Crippen LogP contribution in [0.3, 0.4) is 0 Å². The predicted molar refractivity (Wildman–Crippen MR) is 127 cm³/mol. The van der Waals surface area contributed by atoms with Crippen LogP contribution >= 0.6 is 0 Å². The standard InChI is InChI=1S/C25H25N3O7/c1-13-17-3-7-21(29)14(2)23(17)35-25(32)18(13)4-8-22(30)26-10-15-9-16(12-26)19-5-6-20(28(33)34)24(31)27(19)11-15/h3,5-7,15-16,29H,4,8-12H2,1-2H3/t15-,16+/m1/s1. The molecule has 0 spiro atoms. The number of benzene rings is 1. The van der Waals surface area contributed by atoms with Gasteiger partial charge in [0.1, 0.15) is 11.3 Å². The van der Waals surface area contributed by atoms with Gasteiger partial charge in [-0.15, -0.1) is 0 Å². The fourth-order valence-electron chi connectivity index (χ4n) is 5.53. The van der Waals surface area contributed by atoms with Crippen molar-refractivity contribution in [2.45, 2.75) is 45.6 Å². The van der Waals surface area contributed by atoms with Gasteiger partial charge in [0.15, 0.2) is 0 Å². The molecule has 4 heterocycles. The van der Waals surface area contributed by atoms with E-state index < -0.39 is 21.8 Å². The van der Waals surface area contributed by atoms with Crippen molar-refractivity contribution in [1.29, 1.82) is 0 Å². The van der Waals surface area contributed by atoms with Gasteiger partial charge >= 0.3 is 16.9 Å². The van der Waals surface area contributed by atoms with Gasteiger partial charge in [0, 0.05) is 60.2 Å². The Morgan fingerprint density at radius 1 is 1.14 bits per heavy atom. The van der Waals surface area contributed by atoms with Crippen LogP contribution in [0.25, 0.3) is 11.0 Å². The second-order valence-corrected chi connectivity index (χ2v) is 9.49. The second-order valence-electron chi connectivity index (χ2n) is 9.49. The van der Waals surface area contributed by atoms with Gasteiger partial charge in [-0.2, -0.15) is 0 Å². The number of phenolic OH excluding ortho intramolecular Hbond substituents is 1. The quantitative estimate of drug-likeness (QED) is 0.345. The van der Waals surface area contributed by atoms with Gasteiger partial charge < -0.3 is 19.0 Å². The molecule has 1 aromatic carbocycles. The van der Waals surface area contributed by atoms with E-state index in [1.807, 2.05) is 6.92 Å². The highest BCUT2D eigenvalue weighted by Crippen LogP contribution is 2.36. The average molecular weight is 479 g/mol. The Morgan fingerprint density at radius 2 is 1.91 bits per heavy atom. The molecule has 10 nitrogen and oxygen atoms in total. The van der Waals surface area contributed by atoms with E-state index >= 15 is 0 Å². The van der Waals surface area contributed by atoms with E-state index in [1.165, 1.54) is 10.6 Å². The maximum absolute atomic E-state index is 13.1. The van der Waals surface area contributed by atoms with E-state index in [9.17, 15) is 29.6 Å². The first-order chi connectivity index (χ1) is 16.7. The minimum Gasteiger partial charge on any atom is -0.508 e. The van der Waals surface area contributed by atoms with Crippen molar-refractivity contribution in [2.24, 2.45) is 5.92 Å². The van der Waals surface area contributed by atoms with E-state index in [2.05, 4.69) is 0 Å². The van der Waals surface area contributed by atoms with Crippen LogP contribution in [0.15, 0.2) is 38.3 Å². The van der Waals surface area contributed by atoms with Gasteiger partial charge in [0.25, 0.3) is 0 Å². The Morgan fingerprint density at radius 3 is 2.66 bits per heavy atom. The number of phenols is 1. The maximum Gasteiger partial charge on any atom is 0.339 e. The lowest BCUT2D eigenvalue weighted by molar-refractivity contribution is -0.386. The number of amides is 1. The number of fused-ring (bicyclic) bond motifs is 5. The van der Waals surface area contributed by atoms with Crippen molar-refractivity contribution in [2.75, 3.05) is 13.1 Å². The second kappa shape index (κ2) is 8.37. The highest BCUT2D eigenvalue weighted by Gasteiger charge is 2.37. The molecule has 0 saturated carbocycles. The number of hydrogen-bond donors (Lipinski definition) is 1. The number of piperidine rings is 1. The van der Waals surface area contributed by atoms with Crippen LogP contribution in [0.5, 0.6) is 5.75 Å². The third-order valence-corrected chi connectivity index (χ3v) is 7.40. The summed E-state index contributed by atoms with van der Waals surface area (Å²) in [5, 5.41) is 21.8. The fraction of sp³-hybridized carbons (Fsp3) is 0.400.